The number of benzene rings is 2. The van der Waals surface area contributed by atoms with Crippen LogP contribution in [0.5, 0.6) is 11.5 Å². The van der Waals surface area contributed by atoms with Crippen LogP contribution in [0.1, 0.15) is 24.0 Å². The predicted molar refractivity (Wildman–Crippen MR) is 98.0 cm³/mol. The van der Waals surface area contributed by atoms with Gasteiger partial charge in [-0.05, 0) is 55.7 Å². The molecule has 1 aliphatic rings. The van der Waals surface area contributed by atoms with E-state index in [1.165, 1.54) is 0 Å². The average Bonchev–Trinajstić information content (AvgIpc) is 3.04. The number of hydrogen-bond acceptors (Lipinski definition) is 3. The molecule has 0 saturated carbocycles. The molecule has 0 aliphatic carbocycles. The van der Waals surface area contributed by atoms with Crippen LogP contribution >= 0.6 is 0 Å². The minimum atomic E-state index is -4.24. The molecule has 3 rings (SSSR count). The second-order valence-electron chi connectivity index (χ2n) is 6.96. The van der Waals surface area contributed by atoms with E-state index in [4.69, 9.17) is 10.00 Å². The second-order valence-corrected chi connectivity index (χ2v) is 6.96. The number of ether oxygens (including phenoxy) is 1. The van der Waals surface area contributed by atoms with E-state index in [0.29, 0.717) is 11.4 Å². The Morgan fingerprint density at radius 1 is 1.11 bits per heavy atom. The van der Waals surface area contributed by atoms with Gasteiger partial charge in [-0.25, -0.2) is 0 Å². The van der Waals surface area contributed by atoms with Gasteiger partial charge in [-0.3, -0.25) is 0 Å². The SMILES string of the molecule is Cc1cccc(C)c1Oc1ccc(N2C[C@@H](C(F)(F)F)C[C@H]2CC#N)cc1. The number of halogens is 3. The molecular weight excluding hydrogens is 353 g/mol. The Hall–Kier alpha value is -2.68. The van der Waals surface area contributed by atoms with Crippen LogP contribution in [0.3, 0.4) is 0 Å². The maximum atomic E-state index is 13.1. The molecule has 142 valence electrons. The predicted octanol–water partition coefficient (Wildman–Crippen LogP) is 5.77. The molecule has 2 atom stereocenters. The zero-order valence-corrected chi connectivity index (χ0v) is 15.3. The summed E-state index contributed by atoms with van der Waals surface area (Å²) in [5.41, 5.74) is 2.71. The second kappa shape index (κ2) is 7.51. The van der Waals surface area contributed by atoms with Crippen molar-refractivity contribution >= 4 is 5.69 Å². The molecule has 1 aliphatic heterocycles. The lowest BCUT2D eigenvalue weighted by Gasteiger charge is -2.25. The topological polar surface area (TPSA) is 36.3 Å². The van der Waals surface area contributed by atoms with Crippen molar-refractivity contribution in [3.8, 4) is 17.6 Å². The van der Waals surface area contributed by atoms with E-state index in [1.807, 2.05) is 38.1 Å². The fourth-order valence-corrected chi connectivity index (χ4v) is 3.55. The fraction of sp³-hybridized carbons (Fsp3) is 0.381. The summed E-state index contributed by atoms with van der Waals surface area (Å²) in [6.07, 6.45) is -4.21. The highest BCUT2D eigenvalue weighted by Crippen LogP contribution is 2.40. The number of rotatable bonds is 4. The Balaban J connectivity index is 1.79. The summed E-state index contributed by atoms with van der Waals surface area (Å²) in [5.74, 6) is 0.00635. The minimum absolute atomic E-state index is 0.0439. The molecule has 0 amide bonds. The number of para-hydroxylation sites is 1. The summed E-state index contributed by atoms with van der Waals surface area (Å²) in [4.78, 5) is 1.68. The van der Waals surface area contributed by atoms with Gasteiger partial charge in [0.15, 0.2) is 0 Å². The average molecular weight is 374 g/mol. The Bertz CT molecular complexity index is 820. The van der Waals surface area contributed by atoms with Gasteiger partial charge in [0.05, 0.1) is 18.4 Å². The van der Waals surface area contributed by atoms with Crippen molar-refractivity contribution in [2.45, 2.75) is 38.9 Å². The highest BCUT2D eigenvalue weighted by molar-refractivity contribution is 5.52. The van der Waals surface area contributed by atoms with Crippen molar-refractivity contribution in [2.24, 2.45) is 5.92 Å². The van der Waals surface area contributed by atoms with Gasteiger partial charge in [0, 0.05) is 18.3 Å². The number of anilines is 1. The first-order valence-electron chi connectivity index (χ1n) is 8.84. The van der Waals surface area contributed by atoms with Crippen molar-refractivity contribution < 1.29 is 17.9 Å². The van der Waals surface area contributed by atoms with Gasteiger partial charge < -0.3 is 9.64 Å². The molecule has 0 aromatic heterocycles. The van der Waals surface area contributed by atoms with Crippen molar-refractivity contribution in [2.75, 3.05) is 11.4 Å². The standard InChI is InChI=1S/C21H21F3N2O/c1-14-4-3-5-15(2)20(14)27-19-8-6-17(7-9-19)26-13-16(21(22,23)24)12-18(26)10-11-25/h3-9,16,18H,10,12-13H2,1-2H3/t16-,18+/m0/s1. The zero-order chi connectivity index (χ0) is 19.6. The molecule has 6 heteroatoms. The van der Waals surface area contributed by atoms with Crippen LogP contribution in [0.2, 0.25) is 0 Å². The van der Waals surface area contributed by atoms with Gasteiger partial charge in [-0.1, -0.05) is 18.2 Å². The fourth-order valence-electron chi connectivity index (χ4n) is 3.55. The molecule has 3 nitrogen and oxygen atoms in total. The highest BCUT2D eigenvalue weighted by atomic mass is 19.4. The molecule has 0 spiro atoms. The molecule has 2 aromatic rings. The Morgan fingerprint density at radius 3 is 2.30 bits per heavy atom. The van der Waals surface area contributed by atoms with Crippen LogP contribution in [-0.2, 0) is 0 Å². The Labute approximate surface area is 157 Å². The van der Waals surface area contributed by atoms with Crippen molar-refractivity contribution in [1.82, 2.24) is 0 Å². The van der Waals surface area contributed by atoms with E-state index in [-0.39, 0.29) is 19.4 Å². The van der Waals surface area contributed by atoms with E-state index >= 15 is 0 Å². The van der Waals surface area contributed by atoms with E-state index in [1.54, 1.807) is 29.2 Å². The monoisotopic (exact) mass is 374 g/mol. The smallest absolute Gasteiger partial charge is 0.393 e. The molecule has 0 radical (unpaired) electrons. The largest absolute Gasteiger partial charge is 0.457 e. The first-order valence-corrected chi connectivity index (χ1v) is 8.84. The summed E-state index contributed by atoms with van der Waals surface area (Å²) >= 11 is 0. The molecule has 1 heterocycles. The summed E-state index contributed by atoms with van der Waals surface area (Å²) in [5, 5.41) is 8.96. The Morgan fingerprint density at radius 2 is 1.74 bits per heavy atom. The summed E-state index contributed by atoms with van der Waals surface area (Å²) in [7, 11) is 0. The summed E-state index contributed by atoms with van der Waals surface area (Å²) < 4.78 is 45.3. The number of alkyl halides is 3. The van der Waals surface area contributed by atoms with Crippen LogP contribution in [0.25, 0.3) is 0 Å². The summed E-state index contributed by atoms with van der Waals surface area (Å²) in [6.45, 7) is 3.81. The normalized spacial score (nSPS) is 19.8. The Kier molecular flexibility index (Phi) is 5.31. The molecule has 0 unspecified atom stereocenters. The van der Waals surface area contributed by atoms with Gasteiger partial charge in [-0.2, -0.15) is 18.4 Å². The number of hydrogen-bond donors (Lipinski definition) is 0. The number of aryl methyl sites for hydroxylation is 2. The van der Waals surface area contributed by atoms with Crippen LogP contribution < -0.4 is 9.64 Å². The van der Waals surface area contributed by atoms with Gasteiger partial charge >= 0.3 is 6.18 Å². The first-order chi connectivity index (χ1) is 12.8. The van der Waals surface area contributed by atoms with Gasteiger partial charge in [-0.15, -0.1) is 0 Å². The lowest BCUT2D eigenvalue weighted by Crippen LogP contribution is -2.30. The lowest BCUT2D eigenvalue weighted by molar-refractivity contribution is -0.168. The van der Waals surface area contributed by atoms with Gasteiger partial charge in [0.2, 0.25) is 0 Å². The van der Waals surface area contributed by atoms with E-state index in [9.17, 15) is 13.2 Å². The van der Waals surface area contributed by atoms with E-state index < -0.39 is 18.1 Å². The summed E-state index contributed by atoms with van der Waals surface area (Å²) in [6, 6.07) is 14.5. The third-order valence-corrected chi connectivity index (χ3v) is 5.00. The molecular formula is C21H21F3N2O. The van der Waals surface area contributed by atoms with Crippen LogP contribution in [0, 0.1) is 31.1 Å². The molecule has 2 aromatic carbocycles. The maximum Gasteiger partial charge on any atom is 0.393 e. The quantitative estimate of drug-likeness (QED) is 0.682. The zero-order valence-electron chi connectivity index (χ0n) is 15.3. The van der Waals surface area contributed by atoms with Crippen molar-refractivity contribution in [3.05, 3.63) is 53.6 Å². The van der Waals surface area contributed by atoms with Crippen molar-refractivity contribution in [3.63, 3.8) is 0 Å². The number of nitriles is 1. The van der Waals surface area contributed by atoms with E-state index in [2.05, 4.69) is 0 Å². The van der Waals surface area contributed by atoms with Crippen LogP contribution in [-0.4, -0.2) is 18.8 Å². The third kappa shape index (κ3) is 4.19. The van der Waals surface area contributed by atoms with Crippen LogP contribution in [0.4, 0.5) is 18.9 Å². The minimum Gasteiger partial charge on any atom is -0.457 e. The van der Waals surface area contributed by atoms with Crippen LogP contribution in [0.15, 0.2) is 42.5 Å². The molecule has 0 bridgehead atoms. The van der Waals surface area contributed by atoms with Crippen molar-refractivity contribution in [1.29, 1.82) is 5.26 Å². The molecule has 0 N–H and O–H groups in total. The van der Waals surface area contributed by atoms with E-state index in [0.717, 1.165) is 16.9 Å². The highest BCUT2D eigenvalue weighted by Gasteiger charge is 2.47. The van der Waals surface area contributed by atoms with Gasteiger partial charge in [0.1, 0.15) is 11.5 Å². The molecule has 1 saturated heterocycles. The first kappa shape index (κ1) is 19.1. The van der Waals surface area contributed by atoms with Gasteiger partial charge in [0.25, 0.3) is 0 Å². The molecule has 1 fully saturated rings. The lowest BCUT2D eigenvalue weighted by atomic mass is 10.0. The third-order valence-electron chi connectivity index (χ3n) is 5.00. The number of nitrogens with zero attached hydrogens (tertiary/aromatic N) is 2. The molecule has 27 heavy (non-hydrogen) atoms. The maximum absolute atomic E-state index is 13.1.